The topological polar surface area (TPSA) is 0 Å². The molecule has 0 aromatic heterocycles. The average Bonchev–Trinajstić information content (AvgIpc) is 2.31. The van der Waals surface area contributed by atoms with E-state index in [0.717, 1.165) is 12.0 Å². The lowest BCUT2D eigenvalue weighted by Crippen LogP contribution is -2.25. The van der Waals surface area contributed by atoms with E-state index in [-0.39, 0.29) is 5.92 Å². The SMILES string of the molecule is C/C=C(\C=C/CC)C1C=CC(C(C)C)CC1F. The second-order valence-electron chi connectivity index (χ2n) is 5.17. The van der Waals surface area contributed by atoms with Gasteiger partial charge in [0.05, 0.1) is 0 Å². The molecule has 96 valence electrons. The zero-order valence-corrected chi connectivity index (χ0v) is 11.5. The summed E-state index contributed by atoms with van der Waals surface area (Å²) in [6.45, 7) is 8.41. The van der Waals surface area contributed by atoms with Gasteiger partial charge in [-0.05, 0) is 37.2 Å². The molecule has 0 spiro atoms. The van der Waals surface area contributed by atoms with Gasteiger partial charge < -0.3 is 0 Å². The molecule has 0 amide bonds. The summed E-state index contributed by atoms with van der Waals surface area (Å²) in [6, 6.07) is 0. The average molecular weight is 236 g/mol. The molecule has 3 atom stereocenters. The summed E-state index contributed by atoms with van der Waals surface area (Å²) in [5, 5.41) is 0. The number of halogens is 1. The predicted molar refractivity (Wildman–Crippen MR) is 73.7 cm³/mol. The third-order valence-corrected chi connectivity index (χ3v) is 3.57. The second kappa shape index (κ2) is 6.78. The van der Waals surface area contributed by atoms with Crippen molar-refractivity contribution in [1.29, 1.82) is 0 Å². The molecule has 0 heterocycles. The molecule has 0 aliphatic heterocycles. The fourth-order valence-corrected chi connectivity index (χ4v) is 2.34. The van der Waals surface area contributed by atoms with E-state index in [1.807, 2.05) is 13.0 Å². The Morgan fingerprint density at radius 3 is 2.59 bits per heavy atom. The molecule has 0 fully saturated rings. The highest BCUT2D eigenvalue weighted by atomic mass is 19.1. The molecular weight excluding hydrogens is 211 g/mol. The number of hydrogen-bond donors (Lipinski definition) is 0. The van der Waals surface area contributed by atoms with Crippen molar-refractivity contribution in [3.05, 3.63) is 36.0 Å². The first-order chi connectivity index (χ1) is 8.10. The molecule has 1 aliphatic carbocycles. The van der Waals surface area contributed by atoms with Gasteiger partial charge in [0.15, 0.2) is 0 Å². The molecular formula is C16H25F. The number of alkyl halides is 1. The lowest BCUT2D eigenvalue weighted by atomic mass is 9.78. The summed E-state index contributed by atoms with van der Waals surface area (Å²) in [4.78, 5) is 0. The molecule has 0 nitrogen and oxygen atoms in total. The second-order valence-corrected chi connectivity index (χ2v) is 5.17. The lowest BCUT2D eigenvalue weighted by molar-refractivity contribution is 0.213. The van der Waals surface area contributed by atoms with Crippen LogP contribution in [-0.4, -0.2) is 6.17 Å². The molecule has 0 saturated heterocycles. The van der Waals surface area contributed by atoms with Crippen LogP contribution in [0.1, 0.15) is 40.5 Å². The quantitative estimate of drug-likeness (QED) is 0.471. The van der Waals surface area contributed by atoms with Gasteiger partial charge in [0.2, 0.25) is 0 Å². The van der Waals surface area contributed by atoms with Gasteiger partial charge in [0.25, 0.3) is 0 Å². The van der Waals surface area contributed by atoms with Crippen LogP contribution in [0.4, 0.5) is 4.39 Å². The molecule has 0 aromatic carbocycles. The van der Waals surface area contributed by atoms with Crippen LogP contribution >= 0.6 is 0 Å². The van der Waals surface area contributed by atoms with Crippen LogP contribution < -0.4 is 0 Å². The zero-order chi connectivity index (χ0) is 12.8. The summed E-state index contributed by atoms with van der Waals surface area (Å²) < 4.78 is 14.2. The first kappa shape index (κ1) is 14.2. The van der Waals surface area contributed by atoms with Crippen molar-refractivity contribution in [3.8, 4) is 0 Å². The summed E-state index contributed by atoms with van der Waals surface area (Å²) >= 11 is 0. The van der Waals surface area contributed by atoms with E-state index in [1.165, 1.54) is 0 Å². The number of rotatable bonds is 4. The first-order valence-corrected chi connectivity index (χ1v) is 6.75. The Morgan fingerprint density at radius 2 is 2.12 bits per heavy atom. The van der Waals surface area contributed by atoms with E-state index in [2.05, 4.69) is 45.1 Å². The molecule has 0 aromatic rings. The standard InChI is InChI=1S/C16H25F/c1-5-7-8-13(6-2)15-10-9-14(12(3)4)11-16(15)17/h6-10,12,14-16H,5,11H2,1-4H3/b8-7-,13-6+. The molecule has 0 bridgehead atoms. The number of allylic oxidation sites excluding steroid dienone is 6. The Labute approximate surface area is 105 Å². The van der Waals surface area contributed by atoms with Crippen LogP contribution in [0.5, 0.6) is 0 Å². The van der Waals surface area contributed by atoms with Gasteiger partial charge in [-0.15, -0.1) is 0 Å². The van der Waals surface area contributed by atoms with Gasteiger partial charge in [-0.1, -0.05) is 51.2 Å². The summed E-state index contributed by atoms with van der Waals surface area (Å²) in [5.74, 6) is 0.887. The Hall–Kier alpha value is -0.850. The maximum Gasteiger partial charge on any atom is 0.111 e. The lowest BCUT2D eigenvalue weighted by Gasteiger charge is -2.29. The van der Waals surface area contributed by atoms with E-state index in [9.17, 15) is 4.39 Å². The van der Waals surface area contributed by atoms with Gasteiger partial charge in [0, 0.05) is 5.92 Å². The molecule has 17 heavy (non-hydrogen) atoms. The van der Waals surface area contributed by atoms with Gasteiger partial charge in [-0.25, -0.2) is 4.39 Å². The molecule has 0 radical (unpaired) electrons. The van der Waals surface area contributed by atoms with Gasteiger partial charge in [0.1, 0.15) is 6.17 Å². The Kier molecular flexibility index (Phi) is 5.67. The zero-order valence-electron chi connectivity index (χ0n) is 11.5. The van der Waals surface area contributed by atoms with Crippen molar-refractivity contribution in [2.45, 2.75) is 46.7 Å². The highest BCUT2D eigenvalue weighted by Gasteiger charge is 2.28. The summed E-state index contributed by atoms with van der Waals surface area (Å²) in [5.41, 5.74) is 1.11. The van der Waals surface area contributed by atoms with Crippen LogP contribution in [0.15, 0.2) is 36.0 Å². The van der Waals surface area contributed by atoms with Crippen LogP contribution in [0.25, 0.3) is 0 Å². The number of hydrogen-bond acceptors (Lipinski definition) is 0. The molecule has 3 unspecified atom stereocenters. The van der Waals surface area contributed by atoms with E-state index < -0.39 is 6.17 Å². The van der Waals surface area contributed by atoms with Gasteiger partial charge in [-0.3, -0.25) is 0 Å². The van der Waals surface area contributed by atoms with Gasteiger partial charge in [-0.2, -0.15) is 0 Å². The maximum absolute atomic E-state index is 14.2. The van der Waals surface area contributed by atoms with E-state index in [1.54, 1.807) is 0 Å². The largest absolute Gasteiger partial charge is 0.246 e. The minimum absolute atomic E-state index is 0.0437. The van der Waals surface area contributed by atoms with Crippen LogP contribution in [0.3, 0.4) is 0 Å². The van der Waals surface area contributed by atoms with E-state index in [4.69, 9.17) is 0 Å². The van der Waals surface area contributed by atoms with Crippen molar-refractivity contribution >= 4 is 0 Å². The van der Waals surface area contributed by atoms with Crippen molar-refractivity contribution < 1.29 is 4.39 Å². The fraction of sp³-hybridized carbons (Fsp3) is 0.625. The van der Waals surface area contributed by atoms with E-state index >= 15 is 0 Å². The molecule has 1 rings (SSSR count). The van der Waals surface area contributed by atoms with Crippen molar-refractivity contribution in [3.63, 3.8) is 0 Å². The Morgan fingerprint density at radius 1 is 1.41 bits per heavy atom. The van der Waals surface area contributed by atoms with E-state index in [0.29, 0.717) is 18.3 Å². The fourth-order valence-electron chi connectivity index (χ4n) is 2.34. The molecule has 1 aliphatic rings. The van der Waals surface area contributed by atoms with Crippen molar-refractivity contribution in [2.24, 2.45) is 17.8 Å². The highest BCUT2D eigenvalue weighted by molar-refractivity contribution is 5.28. The minimum Gasteiger partial charge on any atom is -0.246 e. The summed E-state index contributed by atoms with van der Waals surface area (Å²) in [6.07, 6.45) is 11.4. The Balaban J connectivity index is 2.79. The smallest absolute Gasteiger partial charge is 0.111 e. The van der Waals surface area contributed by atoms with Crippen LogP contribution in [0.2, 0.25) is 0 Å². The predicted octanol–water partition coefficient (Wildman–Crippen LogP) is 5.09. The maximum atomic E-state index is 14.2. The summed E-state index contributed by atoms with van der Waals surface area (Å²) in [7, 11) is 0. The van der Waals surface area contributed by atoms with Crippen molar-refractivity contribution in [2.75, 3.05) is 0 Å². The monoisotopic (exact) mass is 236 g/mol. The van der Waals surface area contributed by atoms with Crippen molar-refractivity contribution in [1.82, 2.24) is 0 Å². The molecule has 0 N–H and O–H groups in total. The first-order valence-electron chi connectivity index (χ1n) is 6.75. The third kappa shape index (κ3) is 3.83. The van der Waals surface area contributed by atoms with Gasteiger partial charge >= 0.3 is 0 Å². The van der Waals surface area contributed by atoms with Crippen LogP contribution in [-0.2, 0) is 0 Å². The van der Waals surface area contributed by atoms with Crippen LogP contribution in [0, 0.1) is 17.8 Å². The third-order valence-electron chi connectivity index (χ3n) is 3.57. The Bertz CT molecular complexity index is 309. The molecule has 1 heteroatoms. The molecule has 0 saturated carbocycles. The highest BCUT2D eigenvalue weighted by Crippen LogP contribution is 2.34. The normalized spacial score (nSPS) is 30.5. The minimum atomic E-state index is -0.736.